The Balaban J connectivity index is 2.24. The number of hydrogen-bond acceptors (Lipinski definition) is 3. The zero-order valence-corrected chi connectivity index (χ0v) is 12.3. The van der Waals surface area contributed by atoms with E-state index < -0.39 is 11.7 Å². The highest BCUT2D eigenvalue weighted by molar-refractivity contribution is 9.10. The van der Waals surface area contributed by atoms with E-state index in [9.17, 15) is 9.18 Å². The van der Waals surface area contributed by atoms with E-state index in [2.05, 4.69) is 21.2 Å². The van der Waals surface area contributed by atoms with Gasteiger partial charge in [-0.1, -0.05) is 15.9 Å². The van der Waals surface area contributed by atoms with Crippen molar-refractivity contribution in [2.24, 2.45) is 0 Å². The van der Waals surface area contributed by atoms with E-state index in [4.69, 9.17) is 9.47 Å². The smallest absolute Gasteiger partial charge is 0.254 e. The van der Waals surface area contributed by atoms with Crippen molar-refractivity contribution in [1.82, 2.24) is 5.32 Å². The molecule has 106 valence electrons. The van der Waals surface area contributed by atoms with E-state index >= 15 is 0 Å². The zero-order chi connectivity index (χ0) is 14.1. The Kier molecular flexibility index (Phi) is 7.62. The van der Waals surface area contributed by atoms with Gasteiger partial charge in [-0.15, -0.1) is 0 Å². The second kappa shape index (κ2) is 9.01. The number of nitrogens with one attached hydrogen (secondary N) is 1. The average molecular weight is 334 g/mol. The number of ether oxygens (including phenoxy) is 2. The Hall–Kier alpha value is -0.980. The maximum absolute atomic E-state index is 13.5. The molecular weight excluding hydrogens is 317 g/mol. The number of carbonyl (C=O) groups is 1. The summed E-state index contributed by atoms with van der Waals surface area (Å²) in [6.07, 6.45) is 0.674. The molecule has 1 aromatic rings. The van der Waals surface area contributed by atoms with Gasteiger partial charge in [-0.3, -0.25) is 4.79 Å². The summed E-state index contributed by atoms with van der Waals surface area (Å²) in [5.74, 6) is -0.954. The first-order valence-electron chi connectivity index (χ1n) is 5.95. The topological polar surface area (TPSA) is 47.6 Å². The molecule has 1 aromatic carbocycles. The highest BCUT2D eigenvalue weighted by atomic mass is 79.9. The molecule has 0 saturated heterocycles. The average Bonchev–Trinajstić information content (AvgIpc) is 2.37. The van der Waals surface area contributed by atoms with Gasteiger partial charge in [-0.05, 0) is 24.6 Å². The van der Waals surface area contributed by atoms with Crippen molar-refractivity contribution in [1.29, 1.82) is 0 Å². The summed E-state index contributed by atoms with van der Waals surface area (Å²) in [6, 6.07) is 4.35. The quantitative estimate of drug-likeness (QED) is 0.743. The molecule has 6 heteroatoms. The number of hydrogen-bond donors (Lipinski definition) is 1. The molecule has 0 fully saturated rings. The highest BCUT2D eigenvalue weighted by Crippen LogP contribution is 2.15. The summed E-state index contributed by atoms with van der Waals surface area (Å²) >= 11 is 3.14. The molecule has 0 heterocycles. The molecule has 0 aromatic heterocycles. The highest BCUT2D eigenvalue weighted by Gasteiger charge is 2.10. The minimum absolute atomic E-state index is 0.0449. The van der Waals surface area contributed by atoms with Gasteiger partial charge in [0, 0.05) is 24.7 Å². The van der Waals surface area contributed by atoms with Crippen LogP contribution in [0.15, 0.2) is 22.7 Å². The summed E-state index contributed by atoms with van der Waals surface area (Å²) < 4.78 is 24.2. The second-order valence-corrected chi connectivity index (χ2v) is 4.75. The first kappa shape index (κ1) is 16.1. The number of rotatable bonds is 8. The molecule has 0 radical (unpaired) electrons. The van der Waals surface area contributed by atoms with E-state index in [0.717, 1.165) is 0 Å². The van der Waals surface area contributed by atoms with Crippen molar-refractivity contribution in [3.63, 3.8) is 0 Å². The molecule has 1 N–H and O–H groups in total. The third kappa shape index (κ3) is 6.13. The normalized spacial score (nSPS) is 10.5. The van der Waals surface area contributed by atoms with Crippen molar-refractivity contribution >= 4 is 21.8 Å². The van der Waals surface area contributed by atoms with Crippen LogP contribution in [0.4, 0.5) is 4.39 Å². The van der Waals surface area contributed by atoms with E-state index in [1.54, 1.807) is 13.2 Å². The fraction of sp³-hybridized carbons (Fsp3) is 0.462. The summed E-state index contributed by atoms with van der Waals surface area (Å²) in [4.78, 5) is 11.7. The van der Waals surface area contributed by atoms with Crippen LogP contribution in [0.3, 0.4) is 0 Å². The maximum Gasteiger partial charge on any atom is 0.254 e. The molecule has 1 rings (SSSR count). The minimum atomic E-state index is -0.539. The van der Waals surface area contributed by atoms with E-state index in [1.165, 1.54) is 12.1 Å². The van der Waals surface area contributed by atoms with Gasteiger partial charge in [-0.25, -0.2) is 4.39 Å². The molecule has 0 atom stereocenters. The summed E-state index contributed by atoms with van der Waals surface area (Å²) in [6.45, 7) is 2.07. The Labute approximate surface area is 120 Å². The summed E-state index contributed by atoms with van der Waals surface area (Å²) in [7, 11) is 1.61. The molecule has 0 aliphatic heterocycles. The van der Waals surface area contributed by atoms with Crippen molar-refractivity contribution in [3.8, 4) is 0 Å². The number of amides is 1. The van der Waals surface area contributed by atoms with Crippen molar-refractivity contribution in [2.75, 3.05) is 33.5 Å². The maximum atomic E-state index is 13.5. The van der Waals surface area contributed by atoms with Gasteiger partial charge >= 0.3 is 0 Å². The fourth-order valence-electron chi connectivity index (χ4n) is 1.39. The van der Waals surface area contributed by atoms with E-state index in [-0.39, 0.29) is 5.56 Å². The number of halogens is 2. The monoisotopic (exact) mass is 333 g/mol. The molecular formula is C13H17BrFNO3. The SMILES string of the molecule is COCCOCCCNC(=O)c1ccc(Br)cc1F. The molecule has 0 unspecified atom stereocenters. The lowest BCUT2D eigenvalue weighted by molar-refractivity contribution is 0.0688. The Morgan fingerprint density at radius 3 is 2.84 bits per heavy atom. The van der Waals surface area contributed by atoms with Gasteiger partial charge < -0.3 is 14.8 Å². The summed E-state index contributed by atoms with van der Waals surface area (Å²) in [5.41, 5.74) is 0.0449. The molecule has 0 aliphatic rings. The lowest BCUT2D eigenvalue weighted by Crippen LogP contribution is -2.26. The van der Waals surface area contributed by atoms with Crippen LogP contribution in [0.25, 0.3) is 0 Å². The van der Waals surface area contributed by atoms with Crippen LogP contribution >= 0.6 is 15.9 Å². The lowest BCUT2D eigenvalue weighted by Gasteiger charge is -2.07. The van der Waals surface area contributed by atoms with Crippen LogP contribution in [-0.4, -0.2) is 39.4 Å². The van der Waals surface area contributed by atoms with Crippen LogP contribution in [-0.2, 0) is 9.47 Å². The van der Waals surface area contributed by atoms with Crippen LogP contribution < -0.4 is 5.32 Å². The van der Waals surface area contributed by atoms with Gasteiger partial charge in [0.2, 0.25) is 0 Å². The third-order valence-electron chi connectivity index (χ3n) is 2.36. The van der Waals surface area contributed by atoms with Crippen LogP contribution in [0.5, 0.6) is 0 Å². The Morgan fingerprint density at radius 1 is 1.37 bits per heavy atom. The third-order valence-corrected chi connectivity index (χ3v) is 2.85. The van der Waals surface area contributed by atoms with Crippen molar-refractivity contribution in [3.05, 3.63) is 34.1 Å². The number of carbonyl (C=O) groups excluding carboxylic acids is 1. The molecule has 0 bridgehead atoms. The van der Waals surface area contributed by atoms with Gasteiger partial charge in [0.1, 0.15) is 5.82 Å². The van der Waals surface area contributed by atoms with Crippen LogP contribution in [0, 0.1) is 5.82 Å². The van der Waals surface area contributed by atoms with Gasteiger partial charge in [-0.2, -0.15) is 0 Å². The van der Waals surface area contributed by atoms with Gasteiger partial charge in [0.05, 0.1) is 18.8 Å². The van der Waals surface area contributed by atoms with Crippen LogP contribution in [0.1, 0.15) is 16.8 Å². The van der Waals surface area contributed by atoms with E-state index in [0.29, 0.717) is 37.3 Å². The summed E-state index contributed by atoms with van der Waals surface area (Å²) in [5, 5.41) is 2.64. The number of methoxy groups -OCH3 is 1. The van der Waals surface area contributed by atoms with Crippen LogP contribution in [0.2, 0.25) is 0 Å². The molecule has 19 heavy (non-hydrogen) atoms. The predicted octanol–water partition coefficient (Wildman–Crippen LogP) is 2.37. The standard InChI is InChI=1S/C13H17BrFNO3/c1-18-7-8-19-6-2-5-16-13(17)11-4-3-10(14)9-12(11)15/h3-4,9H,2,5-8H2,1H3,(H,16,17). The van der Waals surface area contributed by atoms with Gasteiger partial charge in [0.25, 0.3) is 5.91 Å². The van der Waals surface area contributed by atoms with Crippen molar-refractivity contribution in [2.45, 2.75) is 6.42 Å². The lowest BCUT2D eigenvalue weighted by atomic mass is 10.2. The minimum Gasteiger partial charge on any atom is -0.382 e. The van der Waals surface area contributed by atoms with Gasteiger partial charge in [0.15, 0.2) is 0 Å². The predicted molar refractivity (Wildman–Crippen MR) is 73.7 cm³/mol. The molecule has 0 spiro atoms. The van der Waals surface area contributed by atoms with Crippen molar-refractivity contribution < 1.29 is 18.7 Å². The van der Waals surface area contributed by atoms with E-state index in [1.807, 2.05) is 0 Å². The second-order valence-electron chi connectivity index (χ2n) is 3.84. The molecule has 4 nitrogen and oxygen atoms in total. The zero-order valence-electron chi connectivity index (χ0n) is 10.7. The fourth-order valence-corrected chi connectivity index (χ4v) is 1.72. The number of benzene rings is 1. The first-order valence-corrected chi connectivity index (χ1v) is 6.74. The Bertz CT molecular complexity index is 415. The molecule has 0 aliphatic carbocycles. The largest absolute Gasteiger partial charge is 0.382 e. The molecule has 0 saturated carbocycles. The molecule has 1 amide bonds. The first-order chi connectivity index (χ1) is 9.15. The Morgan fingerprint density at radius 2 is 2.16 bits per heavy atom.